The van der Waals surface area contributed by atoms with Gasteiger partial charge in [0.2, 0.25) is 5.75 Å². The molecule has 1 aliphatic heterocycles. The Morgan fingerprint density at radius 1 is 1.00 bits per heavy atom. The minimum Gasteiger partial charge on any atom is -0.357 e. The summed E-state index contributed by atoms with van der Waals surface area (Å²) in [5.74, 6) is 0.418. The average molecular weight is 401 g/mol. The van der Waals surface area contributed by atoms with Gasteiger partial charge in [-0.15, -0.1) is 0 Å². The number of rotatable bonds is 5. The van der Waals surface area contributed by atoms with Crippen LogP contribution in [0.3, 0.4) is 0 Å². The molecule has 0 atom stereocenters. The van der Waals surface area contributed by atoms with E-state index in [1.54, 1.807) is 0 Å². The summed E-state index contributed by atoms with van der Waals surface area (Å²) >= 11 is 2.85. The minimum absolute atomic E-state index is 0.0659. The molecule has 0 aromatic heterocycles. The Labute approximate surface area is 141 Å². The minimum atomic E-state index is -4.97. The number of hydrogen-bond donors (Lipinski definition) is 2. The van der Waals surface area contributed by atoms with Gasteiger partial charge >= 0.3 is 20.8 Å². The van der Waals surface area contributed by atoms with Crippen LogP contribution in [-0.2, 0) is 20.8 Å². The molecule has 1 aliphatic rings. The van der Waals surface area contributed by atoms with Crippen LogP contribution in [0.2, 0.25) is 0 Å². The summed E-state index contributed by atoms with van der Waals surface area (Å²) in [6.45, 7) is 1.40. The molecule has 1 fully saturated rings. The second-order valence-corrected chi connectivity index (χ2v) is 8.63. The van der Waals surface area contributed by atoms with Crippen molar-refractivity contribution in [2.75, 3.05) is 11.5 Å². The van der Waals surface area contributed by atoms with Gasteiger partial charge < -0.3 is 8.37 Å². The number of thioether (sulfide) groups is 2. The lowest BCUT2D eigenvalue weighted by Crippen LogP contribution is -2.12. The molecule has 0 bridgehead atoms. The van der Waals surface area contributed by atoms with E-state index < -0.39 is 32.3 Å². The normalized spacial score (nSPS) is 15.5. The van der Waals surface area contributed by atoms with Crippen molar-refractivity contribution in [3.05, 3.63) is 17.7 Å². The Balaban J connectivity index is 2.61. The maximum Gasteiger partial charge on any atom is 0.446 e. The molecule has 1 heterocycles. The van der Waals surface area contributed by atoms with E-state index in [0.29, 0.717) is 4.38 Å². The lowest BCUT2D eigenvalue weighted by atomic mass is 10.2. The van der Waals surface area contributed by atoms with Crippen LogP contribution in [0.15, 0.2) is 17.1 Å². The van der Waals surface area contributed by atoms with Crippen molar-refractivity contribution in [1.29, 1.82) is 0 Å². The fourth-order valence-corrected chi connectivity index (χ4v) is 4.56. The second-order valence-electron chi connectivity index (χ2n) is 4.16. The Morgan fingerprint density at radius 3 is 2.04 bits per heavy atom. The van der Waals surface area contributed by atoms with Crippen molar-refractivity contribution >= 4 is 54.4 Å². The summed E-state index contributed by atoms with van der Waals surface area (Å²) in [5.41, 5.74) is 0.0840. The summed E-state index contributed by atoms with van der Waals surface area (Å²) in [5, 5.41) is 0. The summed E-state index contributed by atoms with van der Waals surface area (Å²) in [6, 6.07) is 2.78. The van der Waals surface area contributed by atoms with Crippen LogP contribution in [0, 0.1) is 6.92 Å². The first-order chi connectivity index (χ1) is 10.6. The van der Waals surface area contributed by atoms with Crippen molar-refractivity contribution in [1.82, 2.24) is 0 Å². The zero-order chi connectivity index (χ0) is 17.3. The Hall–Kier alpha value is -0.990. The molecular formula is C10H11NO8S4. The van der Waals surface area contributed by atoms with Crippen LogP contribution in [0.1, 0.15) is 5.56 Å². The quantitative estimate of drug-likeness (QED) is 0.702. The largest absolute Gasteiger partial charge is 0.446 e. The number of hydrogen-bond acceptors (Lipinski definition) is 9. The van der Waals surface area contributed by atoms with Crippen molar-refractivity contribution in [2.24, 2.45) is 4.99 Å². The van der Waals surface area contributed by atoms with Crippen LogP contribution < -0.4 is 8.37 Å². The molecule has 2 N–H and O–H groups in total. The van der Waals surface area contributed by atoms with Crippen molar-refractivity contribution in [2.45, 2.75) is 6.92 Å². The Morgan fingerprint density at radius 2 is 1.52 bits per heavy atom. The predicted octanol–water partition coefficient (Wildman–Crippen LogP) is 1.83. The molecule has 2 rings (SSSR count). The SMILES string of the molecule is Cc1ccc(N=C2SCCS2)c(OS(=O)(=O)O)c1OS(=O)(=O)O. The summed E-state index contributed by atoms with van der Waals surface area (Å²) in [6.07, 6.45) is 0. The van der Waals surface area contributed by atoms with Crippen molar-refractivity contribution in [3.8, 4) is 11.5 Å². The molecule has 0 radical (unpaired) electrons. The fraction of sp³-hybridized carbons (Fsp3) is 0.300. The van der Waals surface area contributed by atoms with E-state index in [1.165, 1.54) is 42.6 Å². The van der Waals surface area contributed by atoms with Gasteiger partial charge in [0, 0.05) is 11.5 Å². The van der Waals surface area contributed by atoms with E-state index in [4.69, 9.17) is 9.11 Å². The molecule has 128 valence electrons. The second kappa shape index (κ2) is 6.86. The van der Waals surface area contributed by atoms with Gasteiger partial charge in [-0.2, -0.15) is 16.8 Å². The van der Waals surface area contributed by atoms with Gasteiger partial charge in [0.05, 0.1) is 0 Å². The third kappa shape index (κ3) is 5.54. The smallest absolute Gasteiger partial charge is 0.357 e. The van der Waals surface area contributed by atoms with Gasteiger partial charge in [-0.3, -0.25) is 9.11 Å². The first-order valence-corrected chi connectivity index (χ1v) is 10.6. The Kier molecular flexibility index (Phi) is 5.48. The molecule has 0 saturated carbocycles. The monoisotopic (exact) mass is 401 g/mol. The van der Waals surface area contributed by atoms with Crippen LogP contribution in [0.5, 0.6) is 11.5 Å². The molecule has 1 aromatic carbocycles. The van der Waals surface area contributed by atoms with Gasteiger partial charge in [-0.05, 0) is 18.6 Å². The van der Waals surface area contributed by atoms with Crippen molar-refractivity contribution < 1.29 is 34.3 Å². The average Bonchev–Trinajstić information content (AvgIpc) is 2.87. The van der Waals surface area contributed by atoms with Gasteiger partial charge in [-0.25, -0.2) is 4.99 Å². The van der Waals surface area contributed by atoms with Gasteiger partial charge in [0.1, 0.15) is 10.1 Å². The molecule has 1 saturated heterocycles. The highest BCUT2D eigenvalue weighted by atomic mass is 32.3. The highest BCUT2D eigenvalue weighted by Crippen LogP contribution is 2.43. The number of benzene rings is 1. The van der Waals surface area contributed by atoms with Gasteiger partial charge in [-0.1, -0.05) is 29.6 Å². The summed E-state index contributed by atoms with van der Waals surface area (Å²) < 4.78 is 71.1. The third-order valence-corrected chi connectivity index (χ3v) is 5.62. The van der Waals surface area contributed by atoms with Crippen LogP contribution in [-0.4, -0.2) is 41.8 Å². The van der Waals surface area contributed by atoms with Gasteiger partial charge in [0.15, 0.2) is 5.75 Å². The topological polar surface area (TPSA) is 140 Å². The van der Waals surface area contributed by atoms with E-state index >= 15 is 0 Å². The number of nitrogens with zero attached hydrogens (tertiary/aromatic N) is 1. The molecule has 0 aliphatic carbocycles. The zero-order valence-electron chi connectivity index (χ0n) is 11.5. The van der Waals surface area contributed by atoms with Crippen LogP contribution >= 0.6 is 23.5 Å². The van der Waals surface area contributed by atoms with E-state index in [2.05, 4.69) is 13.4 Å². The van der Waals surface area contributed by atoms with E-state index in [0.717, 1.165) is 11.5 Å². The van der Waals surface area contributed by atoms with E-state index in [-0.39, 0.29) is 11.3 Å². The number of aryl methyl sites for hydroxylation is 1. The van der Waals surface area contributed by atoms with E-state index in [9.17, 15) is 16.8 Å². The molecule has 0 unspecified atom stereocenters. The zero-order valence-corrected chi connectivity index (χ0v) is 14.8. The molecule has 1 aromatic rings. The first-order valence-electron chi connectivity index (χ1n) is 5.87. The lowest BCUT2D eigenvalue weighted by molar-refractivity contribution is 0.361. The summed E-state index contributed by atoms with van der Waals surface area (Å²) in [7, 11) is -9.90. The lowest BCUT2D eigenvalue weighted by Gasteiger charge is -2.13. The molecule has 0 amide bonds. The highest BCUT2D eigenvalue weighted by Gasteiger charge is 2.24. The van der Waals surface area contributed by atoms with Crippen LogP contribution in [0.25, 0.3) is 0 Å². The standard InChI is InChI=1S/C10H11NO8S4/c1-6-2-3-7(11-10-20-4-5-21-10)9(19-23(15,16)17)8(6)18-22(12,13)14/h2-3H,4-5H2,1H3,(H,12,13,14)(H,15,16,17). The highest BCUT2D eigenvalue weighted by molar-refractivity contribution is 8.41. The number of aliphatic imine (C=N–C) groups is 1. The molecule has 0 spiro atoms. The first kappa shape index (κ1) is 18.4. The molecule has 13 heteroatoms. The predicted molar refractivity (Wildman–Crippen MR) is 87.5 cm³/mol. The molecular weight excluding hydrogens is 390 g/mol. The van der Waals surface area contributed by atoms with E-state index in [1.807, 2.05) is 0 Å². The van der Waals surface area contributed by atoms with Crippen molar-refractivity contribution in [3.63, 3.8) is 0 Å². The Bertz CT molecular complexity index is 838. The third-order valence-electron chi connectivity index (χ3n) is 2.41. The maximum atomic E-state index is 11.0. The fourth-order valence-electron chi connectivity index (χ4n) is 1.60. The molecule has 23 heavy (non-hydrogen) atoms. The maximum absolute atomic E-state index is 11.0. The van der Waals surface area contributed by atoms with Gasteiger partial charge in [0.25, 0.3) is 0 Å². The van der Waals surface area contributed by atoms with Crippen LogP contribution in [0.4, 0.5) is 5.69 Å². The molecule has 9 nitrogen and oxygen atoms in total. The summed E-state index contributed by atoms with van der Waals surface area (Å²) in [4.78, 5) is 4.16.